The summed E-state index contributed by atoms with van der Waals surface area (Å²) >= 11 is 0. The zero-order valence-electron chi connectivity index (χ0n) is 17.7. The number of carbonyl (C=O) groups is 1. The predicted octanol–water partition coefficient (Wildman–Crippen LogP) is 3.33. The van der Waals surface area contributed by atoms with Gasteiger partial charge in [-0.1, -0.05) is 18.2 Å². The number of nitrogens with one attached hydrogen (secondary N) is 2. The Bertz CT molecular complexity index is 1200. The summed E-state index contributed by atoms with van der Waals surface area (Å²) < 4.78 is 7.61. The molecule has 31 heavy (non-hydrogen) atoms. The highest BCUT2D eigenvalue weighted by Gasteiger charge is 2.17. The molecule has 0 aliphatic rings. The van der Waals surface area contributed by atoms with Gasteiger partial charge in [-0.05, 0) is 49.7 Å². The molecule has 8 heteroatoms. The first-order chi connectivity index (χ1) is 15.0. The number of hydrogen-bond donors (Lipinski definition) is 2. The number of aromatic nitrogens is 5. The van der Waals surface area contributed by atoms with E-state index >= 15 is 0 Å². The molecule has 0 atom stereocenters. The van der Waals surface area contributed by atoms with Gasteiger partial charge in [0.2, 0.25) is 0 Å². The standard InChI is InChI=1S/C23H24N6O2/c1-15-22(16(2)29(3)28-15)20-12-21(27-26-20)23(30)25-13-17-7-6-9-19(11-17)31-14-18-8-4-5-10-24-18/h4-12H,13-14H2,1-3H3,(H,25,30)(H,26,27). The molecule has 0 unspecified atom stereocenters. The molecule has 0 radical (unpaired) electrons. The quantitative estimate of drug-likeness (QED) is 0.482. The second-order valence-corrected chi connectivity index (χ2v) is 7.28. The number of nitrogens with zero attached hydrogens (tertiary/aromatic N) is 4. The van der Waals surface area contributed by atoms with Crippen LogP contribution in [0.2, 0.25) is 0 Å². The Balaban J connectivity index is 1.37. The molecular weight excluding hydrogens is 392 g/mol. The number of aryl methyl sites for hydroxylation is 2. The fourth-order valence-electron chi connectivity index (χ4n) is 3.37. The summed E-state index contributed by atoms with van der Waals surface area (Å²) in [7, 11) is 1.89. The summed E-state index contributed by atoms with van der Waals surface area (Å²) in [6, 6.07) is 15.1. The van der Waals surface area contributed by atoms with E-state index in [2.05, 4.69) is 25.6 Å². The van der Waals surface area contributed by atoms with Crippen molar-refractivity contribution in [3.63, 3.8) is 0 Å². The highest BCUT2D eigenvalue weighted by Crippen LogP contribution is 2.25. The molecule has 0 bridgehead atoms. The van der Waals surface area contributed by atoms with Crippen molar-refractivity contribution < 1.29 is 9.53 Å². The van der Waals surface area contributed by atoms with Gasteiger partial charge < -0.3 is 10.1 Å². The Morgan fingerprint density at radius 2 is 2.03 bits per heavy atom. The first kappa shape index (κ1) is 20.3. The van der Waals surface area contributed by atoms with E-state index in [0.717, 1.165) is 34.0 Å². The molecule has 0 fully saturated rings. The molecule has 8 nitrogen and oxygen atoms in total. The van der Waals surface area contributed by atoms with Gasteiger partial charge in [-0.2, -0.15) is 10.2 Å². The van der Waals surface area contributed by atoms with E-state index in [1.54, 1.807) is 12.3 Å². The van der Waals surface area contributed by atoms with Crippen LogP contribution >= 0.6 is 0 Å². The number of benzene rings is 1. The van der Waals surface area contributed by atoms with Crippen LogP contribution in [0.1, 0.15) is 33.1 Å². The van der Waals surface area contributed by atoms with Crippen molar-refractivity contribution >= 4 is 5.91 Å². The van der Waals surface area contributed by atoms with Crippen LogP contribution in [-0.2, 0) is 20.2 Å². The van der Waals surface area contributed by atoms with E-state index in [1.807, 2.05) is 68.0 Å². The van der Waals surface area contributed by atoms with Gasteiger partial charge in [0.25, 0.3) is 5.91 Å². The maximum atomic E-state index is 12.6. The number of carbonyl (C=O) groups excluding carboxylic acids is 1. The molecule has 1 aromatic carbocycles. The average molecular weight is 416 g/mol. The number of hydrogen-bond acceptors (Lipinski definition) is 5. The maximum Gasteiger partial charge on any atom is 0.269 e. The second-order valence-electron chi connectivity index (χ2n) is 7.28. The smallest absolute Gasteiger partial charge is 0.269 e. The summed E-state index contributed by atoms with van der Waals surface area (Å²) in [6.07, 6.45) is 1.74. The summed E-state index contributed by atoms with van der Waals surface area (Å²) in [5, 5.41) is 14.4. The van der Waals surface area contributed by atoms with Crippen LogP contribution in [0.4, 0.5) is 0 Å². The van der Waals surface area contributed by atoms with Crippen LogP contribution in [0.25, 0.3) is 11.3 Å². The predicted molar refractivity (Wildman–Crippen MR) is 116 cm³/mol. The lowest BCUT2D eigenvalue weighted by atomic mass is 10.1. The Morgan fingerprint density at radius 3 is 2.77 bits per heavy atom. The van der Waals surface area contributed by atoms with Crippen molar-refractivity contribution in [3.8, 4) is 17.0 Å². The topological polar surface area (TPSA) is 97.7 Å². The first-order valence-electron chi connectivity index (χ1n) is 9.97. The number of H-pyrrole nitrogens is 1. The third-order valence-electron chi connectivity index (χ3n) is 5.05. The van der Waals surface area contributed by atoms with Crippen molar-refractivity contribution in [3.05, 3.63) is 83.1 Å². The minimum atomic E-state index is -0.224. The van der Waals surface area contributed by atoms with Gasteiger partial charge >= 0.3 is 0 Å². The van der Waals surface area contributed by atoms with Crippen LogP contribution in [0, 0.1) is 13.8 Å². The lowest BCUT2D eigenvalue weighted by Gasteiger charge is -2.08. The SMILES string of the molecule is Cc1nn(C)c(C)c1-c1cc(C(=O)NCc2cccc(OCc3ccccn3)c2)[nH]n1. The van der Waals surface area contributed by atoms with Crippen LogP contribution in [0.3, 0.4) is 0 Å². The summed E-state index contributed by atoms with van der Waals surface area (Å²) in [5.74, 6) is 0.501. The highest BCUT2D eigenvalue weighted by atomic mass is 16.5. The van der Waals surface area contributed by atoms with E-state index in [4.69, 9.17) is 4.74 Å². The zero-order chi connectivity index (χ0) is 21.8. The third-order valence-corrected chi connectivity index (χ3v) is 5.05. The minimum Gasteiger partial charge on any atom is -0.487 e. The maximum absolute atomic E-state index is 12.6. The van der Waals surface area contributed by atoms with Gasteiger partial charge in [0.1, 0.15) is 18.1 Å². The first-order valence-corrected chi connectivity index (χ1v) is 9.97. The number of rotatable bonds is 7. The molecule has 158 valence electrons. The summed E-state index contributed by atoms with van der Waals surface area (Å²) in [4.78, 5) is 16.8. The fourth-order valence-corrected chi connectivity index (χ4v) is 3.37. The second kappa shape index (κ2) is 8.83. The van der Waals surface area contributed by atoms with Crippen molar-refractivity contribution in [2.45, 2.75) is 27.0 Å². The summed E-state index contributed by atoms with van der Waals surface area (Å²) in [5.41, 5.74) is 5.72. The molecule has 1 amide bonds. The molecular formula is C23H24N6O2. The molecule has 0 spiro atoms. The molecule has 0 aliphatic heterocycles. The highest BCUT2D eigenvalue weighted by molar-refractivity contribution is 5.93. The number of pyridine rings is 1. The molecule has 4 rings (SSSR count). The van der Waals surface area contributed by atoms with Crippen molar-refractivity contribution in [2.75, 3.05) is 0 Å². The Labute approximate surface area is 180 Å². The van der Waals surface area contributed by atoms with Crippen LogP contribution in [-0.4, -0.2) is 30.9 Å². The number of aromatic amines is 1. The van der Waals surface area contributed by atoms with Gasteiger partial charge in [0.05, 0.1) is 17.1 Å². The number of ether oxygens (including phenoxy) is 1. The van der Waals surface area contributed by atoms with Crippen LogP contribution < -0.4 is 10.1 Å². The average Bonchev–Trinajstić information content (AvgIpc) is 3.36. The molecule has 0 saturated carbocycles. The van der Waals surface area contributed by atoms with E-state index < -0.39 is 0 Å². The van der Waals surface area contributed by atoms with Gasteiger partial charge in [0, 0.05) is 31.0 Å². The van der Waals surface area contributed by atoms with E-state index in [-0.39, 0.29) is 5.91 Å². The Morgan fingerprint density at radius 1 is 1.16 bits per heavy atom. The molecule has 0 aliphatic carbocycles. The lowest BCUT2D eigenvalue weighted by molar-refractivity contribution is 0.0946. The van der Waals surface area contributed by atoms with Gasteiger partial charge in [-0.25, -0.2) is 0 Å². The van der Waals surface area contributed by atoms with Crippen LogP contribution in [0.15, 0.2) is 54.7 Å². The van der Waals surface area contributed by atoms with E-state index in [9.17, 15) is 4.79 Å². The van der Waals surface area contributed by atoms with Gasteiger partial charge in [-0.15, -0.1) is 0 Å². The molecule has 4 aromatic rings. The normalized spacial score (nSPS) is 10.8. The molecule has 3 heterocycles. The van der Waals surface area contributed by atoms with E-state index in [1.165, 1.54) is 0 Å². The monoisotopic (exact) mass is 416 g/mol. The van der Waals surface area contributed by atoms with Crippen molar-refractivity contribution in [2.24, 2.45) is 7.05 Å². The number of amides is 1. The third kappa shape index (κ3) is 4.63. The van der Waals surface area contributed by atoms with Crippen LogP contribution in [0.5, 0.6) is 5.75 Å². The van der Waals surface area contributed by atoms with Crippen molar-refractivity contribution in [1.29, 1.82) is 0 Å². The van der Waals surface area contributed by atoms with Crippen molar-refractivity contribution in [1.82, 2.24) is 30.3 Å². The van der Waals surface area contributed by atoms with Gasteiger partial charge in [0.15, 0.2) is 0 Å². The zero-order valence-corrected chi connectivity index (χ0v) is 17.7. The lowest BCUT2D eigenvalue weighted by Crippen LogP contribution is -2.23. The Kier molecular flexibility index (Phi) is 5.79. The largest absolute Gasteiger partial charge is 0.487 e. The fraction of sp³-hybridized carbons (Fsp3) is 0.217. The molecule has 0 saturated heterocycles. The van der Waals surface area contributed by atoms with Gasteiger partial charge in [-0.3, -0.25) is 19.6 Å². The van der Waals surface area contributed by atoms with E-state index in [0.29, 0.717) is 24.5 Å². The molecule has 2 N–H and O–H groups in total. The Hall–Kier alpha value is -3.94. The summed E-state index contributed by atoms with van der Waals surface area (Å²) in [6.45, 7) is 4.67. The minimum absolute atomic E-state index is 0.224. The molecule has 3 aromatic heterocycles.